The molecule has 0 heterocycles. The summed E-state index contributed by atoms with van der Waals surface area (Å²) in [6.07, 6.45) is 0.910. The van der Waals surface area contributed by atoms with Gasteiger partial charge in [-0.15, -0.1) is 0 Å². The zero-order valence-corrected chi connectivity index (χ0v) is 12.2. The molecule has 0 aliphatic carbocycles. The zero-order chi connectivity index (χ0) is 13.2. The molecule has 0 bridgehead atoms. The van der Waals surface area contributed by atoms with Crippen LogP contribution in [-0.2, 0) is 20.8 Å². The van der Waals surface area contributed by atoms with Crippen LogP contribution in [0.5, 0.6) is 0 Å². The molecule has 5 heteroatoms. The first-order chi connectivity index (χ1) is 8.75. The zero-order valence-electron chi connectivity index (χ0n) is 10.7. The number of anilines is 1. The molecule has 0 spiro atoms. The largest absolute Gasteiger partial charge is 0.398 e. The van der Waals surface area contributed by atoms with Crippen molar-refractivity contribution in [2.75, 3.05) is 39.3 Å². The van der Waals surface area contributed by atoms with E-state index in [-0.39, 0.29) is 0 Å². The Hall–Kier alpha value is -0.620. The maximum Gasteiger partial charge on any atom is 0.0749 e. The Balaban J connectivity index is 2.11. The average Bonchev–Trinajstić information content (AvgIpc) is 2.35. The van der Waals surface area contributed by atoms with Crippen molar-refractivity contribution in [3.8, 4) is 0 Å². The SMILES string of the molecule is COCCCOCCOCc1c(N)cccc1Br. The molecule has 0 unspecified atom stereocenters. The first-order valence-electron chi connectivity index (χ1n) is 5.93. The van der Waals surface area contributed by atoms with Crippen LogP contribution >= 0.6 is 15.9 Å². The fourth-order valence-corrected chi connectivity index (χ4v) is 1.92. The Kier molecular flexibility index (Phi) is 8.00. The van der Waals surface area contributed by atoms with Gasteiger partial charge in [0.1, 0.15) is 0 Å². The quantitative estimate of drug-likeness (QED) is 0.562. The minimum Gasteiger partial charge on any atom is -0.398 e. The van der Waals surface area contributed by atoms with Crippen LogP contribution in [0.4, 0.5) is 5.69 Å². The number of nitrogens with two attached hydrogens (primary N) is 1. The second kappa shape index (κ2) is 9.33. The first-order valence-corrected chi connectivity index (χ1v) is 6.72. The van der Waals surface area contributed by atoms with Gasteiger partial charge in [0.05, 0.1) is 19.8 Å². The smallest absolute Gasteiger partial charge is 0.0749 e. The average molecular weight is 318 g/mol. The van der Waals surface area contributed by atoms with Crippen LogP contribution in [-0.4, -0.2) is 33.5 Å². The van der Waals surface area contributed by atoms with Crippen molar-refractivity contribution in [1.29, 1.82) is 0 Å². The molecule has 18 heavy (non-hydrogen) atoms. The normalized spacial score (nSPS) is 10.8. The van der Waals surface area contributed by atoms with Gasteiger partial charge in [0, 0.05) is 36.0 Å². The van der Waals surface area contributed by atoms with Crippen LogP contribution in [0.15, 0.2) is 22.7 Å². The van der Waals surface area contributed by atoms with Crippen LogP contribution in [0.1, 0.15) is 12.0 Å². The molecule has 1 aromatic rings. The summed E-state index contributed by atoms with van der Waals surface area (Å²) in [5, 5.41) is 0. The van der Waals surface area contributed by atoms with E-state index in [1.54, 1.807) is 7.11 Å². The Bertz CT molecular complexity index is 327. The van der Waals surface area contributed by atoms with Crippen molar-refractivity contribution >= 4 is 21.6 Å². The van der Waals surface area contributed by atoms with Crippen molar-refractivity contribution in [3.05, 3.63) is 28.2 Å². The highest BCUT2D eigenvalue weighted by Crippen LogP contribution is 2.22. The minimum atomic E-state index is 0.495. The number of halogens is 1. The van der Waals surface area contributed by atoms with E-state index >= 15 is 0 Å². The lowest BCUT2D eigenvalue weighted by Crippen LogP contribution is -2.07. The van der Waals surface area contributed by atoms with E-state index in [1.807, 2.05) is 18.2 Å². The number of hydrogen-bond acceptors (Lipinski definition) is 4. The molecule has 1 rings (SSSR count). The lowest BCUT2D eigenvalue weighted by Gasteiger charge is -2.09. The standard InChI is InChI=1S/C13H20BrNO3/c1-16-6-3-7-17-8-9-18-10-11-12(14)4-2-5-13(11)15/h2,4-5H,3,6-10,15H2,1H3. The molecule has 4 nitrogen and oxygen atoms in total. The van der Waals surface area contributed by atoms with Gasteiger partial charge in [-0.3, -0.25) is 0 Å². The maximum atomic E-state index is 5.86. The predicted octanol–water partition coefficient (Wildman–Crippen LogP) is 2.60. The number of hydrogen-bond donors (Lipinski definition) is 1. The molecule has 0 atom stereocenters. The summed E-state index contributed by atoms with van der Waals surface area (Å²) >= 11 is 3.45. The molecule has 0 amide bonds. The summed E-state index contributed by atoms with van der Waals surface area (Å²) in [5.41, 5.74) is 7.59. The van der Waals surface area contributed by atoms with Gasteiger partial charge in [0.15, 0.2) is 0 Å². The van der Waals surface area contributed by atoms with Gasteiger partial charge in [-0.1, -0.05) is 22.0 Å². The minimum absolute atomic E-state index is 0.495. The highest BCUT2D eigenvalue weighted by atomic mass is 79.9. The van der Waals surface area contributed by atoms with E-state index in [4.69, 9.17) is 19.9 Å². The molecule has 2 N–H and O–H groups in total. The van der Waals surface area contributed by atoms with Crippen LogP contribution in [0.25, 0.3) is 0 Å². The summed E-state index contributed by atoms with van der Waals surface area (Å²) in [7, 11) is 1.69. The Morgan fingerprint density at radius 1 is 1.11 bits per heavy atom. The number of benzene rings is 1. The van der Waals surface area contributed by atoms with Gasteiger partial charge in [0.2, 0.25) is 0 Å². The second-order valence-electron chi connectivity index (χ2n) is 3.82. The number of nitrogen functional groups attached to an aromatic ring is 1. The van der Waals surface area contributed by atoms with Gasteiger partial charge < -0.3 is 19.9 Å². The predicted molar refractivity (Wildman–Crippen MR) is 75.5 cm³/mol. The number of ether oxygens (including phenoxy) is 3. The van der Waals surface area contributed by atoms with E-state index < -0.39 is 0 Å². The third-order valence-corrected chi connectivity index (χ3v) is 3.15. The summed E-state index contributed by atoms with van der Waals surface area (Å²) < 4.78 is 16.8. The van der Waals surface area contributed by atoms with E-state index in [0.29, 0.717) is 26.4 Å². The molecule has 0 fully saturated rings. The van der Waals surface area contributed by atoms with Gasteiger partial charge >= 0.3 is 0 Å². The van der Waals surface area contributed by atoms with E-state index in [1.165, 1.54) is 0 Å². The highest BCUT2D eigenvalue weighted by molar-refractivity contribution is 9.10. The van der Waals surface area contributed by atoms with Gasteiger partial charge in [-0.2, -0.15) is 0 Å². The second-order valence-corrected chi connectivity index (χ2v) is 4.67. The molecule has 102 valence electrons. The van der Waals surface area contributed by atoms with Crippen molar-refractivity contribution in [3.63, 3.8) is 0 Å². The molecule has 0 aliphatic heterocycles. The van der Waals surface area contributed by atoms with E-state index in [2.05, 4.69) is 15.9 Å². The molecule has 0 aliphatic rings. The molecule has 0 radical (unpaired) electrons. The van der Waals surface area contributed by atoms with Crippen molar-refractivity contribution in [2.45, 2.75) is 13.0 Å². The summed E-state index contributed by atoms with van der Waals surface area (Å²) in [4.78, 5) is 0. The Morgan fingerprint density at radius 2 is 1.89 bits per heavy atom. The Labute approximate surface area is 117 Å². The van der Waals surface area contributed by atoms with Crippen LogP contribution in [0, 0.1) is 0 Å². The van der Waals surface area contributed by atoms with Crippen molar-refractivity contribution in [1.82, 2.24) is 0 Å². The Morgan fingerprint density at radius 3 is 2.61 bits per heavy atom. The van der Waals surface area contributed by atoms with Gasteiger partial charge in [-0.05, 0) is 18.6 Å². The number of rotatable bonds is 9. The summed E-state index contributed by atoms with van der Waals surface area (Å²) in [6.45, 7) is 3.08. The monoisotopic (exact) mass is 317 g/mol. The van der Waals surface area contributed by atoms with Crippen molar-refractivity contribution < 1.29 is 14.2 Å². The van der Waals surface area contributed by atoms with Gasteiger partial charge in [0.25, 0.3) is 0 Å². The first kappa shape index (κ1) is 15.4. The third kappa shape index (κ3) is 5.82. The number of methoxy groups -OCH3 is 1. The molecule has 0 saturated carbocycles. The van der Waals surface area contributed by atoms with E-state index in [9.17, 15) is 0 Å². The van der Waals surface area contributed by atoms with Gasteiger partial charge in [-0.25, -0.2) is 0 Å². The van der Waals surface area contributed by atoms with Crippen LogP contribution < -0.4 is 5.73 Å². The molecule has 1 aromatic carbocycles. The maximum absolute atomic E-state index is 5.86. The molecule has 0 aromatic heterocycles. The van der Waals surface area contributed by atoms with Crippen LogP contribution in [0.2, 0.25) is 0 Å². The summed E-state index contributed by atoms with van der Waals surface area (Å²) in [6, 6.07) is 5.73. The van der Waals surface area contributed by atoms with E-state index in [0.717, 1.165) is 28.8 Å². The molecule has 0 saturated heterocycles. The lowest BCUT2D eigenvalue weighted by atomic mass is 10.2. The summed E-state index contributed by atoms with van der Waals surface area (Å²) in [5.74, 6) is 0. The fourth-order valence-electron chi connectivity index (χ4n) is 1.43. The van der Waals surface area contributed by atoms with Crippen LogP contribution in [0.3, 0.4) is 0 Å². The molecular weight excluding hydrogens is 298 g/mol. The topological polar surface area (TPSA) is 53.7 Å². The fraction of sp³-hybridized carbons (Fsp3) is 0.538. The lowest BCUT2D eigenvalue weighted by molar-refractivity contribution is 0.0337. The van der Waals surface area contributed by atoms with Crippen molar-refractivity contribution in [2.24, 2.45) is 0 Å². The molecular formula is C13H20BrNO3. The third-order valence-electron chi connectivity index (χ3n) is 2.41. The highest BCUT2D eigenvalue weighted by Gasteiger charge is 2.03.